The molecule has 1 saturated carbocycles. The summed E-state index contributed by atoms with van der Waals surface area (Å²) in [6.45, 7) is 1.88. The topological polar surface area (TPSA) is 66.4 Å². The van der Waals surface area contributed by atoms with Gasteiger partial charge < -0.3 is 10.4 Å². The first-order valence-corrected chi connectivity index (χ1v) is 5.12. The van der Waals surface area contributed by atoms with Crippen molar-refractivity contribution in [3.63, 3.8) is 0 Å². The van der Waals surface area contributed by atoms with Crippen LogP contribution in [-0.4, -0.2) is 23.5 Å². The summed E-state index contributed by atoms with van der Waals surface area (Å²) < 4.78 is 0. The Morgan fingerprint density at radius 1 is 1.43 bits per heavy atom. The minimum absolute atomic E-state index is 0.129. The van der Waals surface area contributed by atoms with Crippen LogP contribution >= 0.6 is 0 Å². The zero-order valence-corrected chi connectivity index (χ0v) is 8.45. The number of aliphatic carboxylic acids is 1. The third-order valence-electron chi connectivity index (χ3n) is 2.61. The van der Waals surface area contributed by atoms with E-state index in [1.54, 1.807) is 0 Å². The highest BCUT2D eigenvalue weighted by molar-refractivity contribution is 5.81. The lowest BCUT2D eigenvalue weighted by molar-refractivity contribution is -0.138. The normalized spacial score (nSPS) is 24.4. The molecule has 1 aliphatic rings. The third kappa shape index (κ3) is 3.77. The lowest BCUT2D eigenvalue weighted by atomic mass is 10.1. The van der Waals surface area contributed by atoms with Crippen LogP contribution in [0.25, 0.3) is 0 Å². The fourth-order valence-electron chi connectivity index (χ4n) is 1.77. The predicted molar refractivity (Wildman–Crippen MR) is 51.8 cm³/mol. The van der Waals surface area contributed by atoms with E-state index in [0.717, 1.165) is 12.8 Å². The standard InChI is InChI=1S/C10H17NO3/c1-2-3-7-4-8(7)5-9(12)11-6-10(13)14/h7-8H,2-6H2,1H3,(H,11,12)(H,13,14). The number of amides is 1. The van der Waals surface area contributed by atoms with Gasteiger partial charge in [0.25, 0.3) is 0 Å². The molecular weight excluding hydrogens is 182 g/mol. The van der Waals surface area contributed by atoms with E-state index in [-0.39, 0.29) is 12.5 Å². The Kier molecular flexibility index (Phi) is 3.92. The van der Waals surface area contributed by atoms with Crippen LogP contribution in [0.3, 0.4) is 0 Å². The molecule has 0 bridgehead atoms. The van der Waals surface area contributed by atoms with E-state index in [2.05, 4.69) is 12.2 Å². The quantitative estimate of drug-likeness (QED) is 0.671. The molecule has 0 radical (unpaired) electrons. The molecule has 0 saturated heterocycles. The summed E-state index contributed by atoms with van der Waals surface area (Å²) >= 11 is 0. The molecule has 1 rings (SSSR count). The third-order valence-corrected chi connectivity index (χ3v) is 2.61. The van der Waals surface area contributed by atoms with Gasteiger partial charge in [-0.2, -0.15) is 0 Å². The van der Waals surface area contributed by atoms with Crippen LogP contribution in [-0.2, 0) is 9.59 Å². The first-order valence-electron chi connectivity index (χ1n) is 5.12. The van der Waals surface area contributed by atoms with Crippen LogP contribution in [0.5, 0.6) is 0 Å². The van der Waals surface area contributed by atoms with Crippen molar-refractivity contribution in [1.82, 2.24) is 5.32 Å². The average molecular weight is 199 g/mol. The molecule has 1 fully saturated rings. The first kappa shape index (κ1) is 11.0. The Morgan fingerprint density at radius 2 is 2.14 bits per heavy atom. The number of carboxylic acids is 1. The number of hydrogen-bond acceptors (Lipinski definition) is 2. The van der Waals surface area contributed by atoms with Crippen LogP contribution in [0.2, 0.25) is 0 Å². The Bertz CT molecular complexity index is 227. The van der Waals surface area contributed by atoms with E-state index in [1.165, 1.54) is 6.42 Å². The van der Waals surface area contributed by atoms with Crippen LogP contribution in [0, 0.1) is 11.8 Å². The molecule has 1 amide bonds. The van der Waals surface area contributed by atoms with Crippen molar-refractivity contribution < 1.29 is 14.7 Å². The van der Waals surface area contributed by atoms with E-state index in [1.807, 2.05) is 0 Å². The second-order valence-electron chi connectivity index (χ2n) is 3.92. The van der Waals surface area contributed by atoms with Gasteiger partial charge in [-0.25, -0.2) is 0 Å². The van der Waals surface area contributed by atoms with E-state index in [0.29, 0.717) is 18.3 Å². The molecule has 4 heteroatoms. The van der Waals surface area contributed by atoms with Crippen LogP contribution in [0.1, 0.15) is 32.6 Å². The summed E-state index contributed by atoms with van der Waals surface area (Å²) in [4.78, 5) is 21.3. The fraction of sp³-hybridized carbons (Fsp3) is 0.800. The molecule has 0 heterocycles. The van der Waals surface area contributed by atoms with E-state index >= 15 is 0 Å². The van der Waals surface area contributed by atoms with Crippen LogP contribution in [0.4, 0.5) is 0 Å². The molecular formula is C10H17NO3. The first-order chi connectivity index (χ1) is 6.63. The Hall–Kier alpha value is -1.06. The van der Waals surface area contributed by atoms with Gasteiger partial charge in [-0.3, -0.25) is 9.59 Å². The lowest BCUT2D eigenvalue weighted by Crippen LogP contribution is -2.29. The Morgan fingerprint density at radius 3 is 2.71 bits per heavy atom. The molecule has 2 unspecified atom stereocenters. The van der Waals surface area contributed by atoms with Crippen molar-refractivity contribution in [2.24, 2.45) is 11.8 Å². The van der Waals surface area contributed by atoms with Gasteiger partial charge in [0.05, 0.1) is 0 Å². The van der Waals surface area contributed by atoms with Crippen molar-refractivity contribution >= 4 is 11.9 Å². The molecule has 0 aromatic rings. The van der Waals surface area contributed by atoms with Gasteiger partial charge in [0.2, 0.25) is 5.91 Å². The highest BCUT2D eigenvalue weighted by Crippen LogP contribution is 2.44. The number of rotatable bonds is 6. The highest BCUT2D eigenvalue weighted by Gasteiger charge is 2.37. The minimum Gasteiger partial charge on any atom is -0.480 e. The summed E-state index contributed by atoms with van der Waals surface area (Å²) in [6, 6.07) is 0. The highest BCUT2D eigenvalue weighted by atomic mass is 16.4. The monoisotopic (exact) mass is 199 g/mol. The van der Waals surface area contributed by atoms with Gasteiger partial charge in [0, 0.05) is 6.42 Å². The van der Waals surface area contributed by atoms with Gasteiger partial charge in [0.15, 0.2) is 0 Å². The fourth-order valence-corrected chi connectivity index (χ4v) is 1.77. The van der Waals surface area contributed by atoms with Crippen molar-refractivity contribution in [2.75, 3.05) is 6.54 Å². The summed E-state index contributed by atoms with van der Waals surface area (Å²) in [5, 5.41) is 10.7. The van der Waals surface area contributed by atoms with Gasteiger partial charge in [-0.05, 0) is 18.3 Å². The SMILES string of the molecule is CCCC1CC1CC(=O)NCC(=O)O. The Labute approximate surface area is 83.7 Å². The zero-order valence-electron chi connectivity index (χ0n) is 8.45. The van der Waals surface area contributed by atoms with Crippen molar-refractivity contribution in [1.29, 1.82) is 0 Å². The molecule has 0 aromatic carbocycles. The Balaban J connectivity index is 2.07. The van der Waals surface area contributed by atoms with E-state index < -0.39 is 5.97 Å². The molecule has 2 atom stereocenters. The number of carboxylic acid groups (broad SMARTS) is 1. The maximum Gasteiger partial charge on any atom is 0.322 e. The maximum atomic E-state index is 11.2. The molecule has 2 N–H and O–H groups in total. The molecule has 1 aliphatic carbocycles. The second-order valence-corrected chi connectivity index (χ2v) is 3.92. The molecule has 14 heavy (non-hydrogen) atoms. The number of carbonyl (C=O) groups excluding carboxylic acids is 1. The summed E-state index contributed by atoms with van der Waals surface area (Å²) in [5.41, 5.74) is 0. The lowest BCUT2D eigenvalue weighted by Gasteiger charge is -2.01. The van der Waals surface area contributed by atoms with Crippen LogP contribution < -0.4 is 5.32 Å². The minimum atomic E-state index is -0.987. The van der Waals surface area contributed by atoms with Crippen molar-refractivity contribution in [3.8, 4) is 0 Å². The van der Waals surface area contributed by atoms with Crippen molar-refractivity contribution in [2.45, 2.75) is 32.6 Å². The zero-order chi connectivity index (χ0) is 10.6. The largest absolute Gasteiger partial charge is 0.480 e. The number of hydrogen-bond donors (Lipinski definition) is 2. The van der Waals surface area contributed by atoms with Gasteiger partial charge >= 0.3 is 5.97 Å². The van der Waals surface area contributed by atoms with Gasteiger partial charge in [-0.15, -0.1) is 0 Å². The average Bonchev–Trinajstić information content (AvgIpc) is 2.81. The number of nitrogens with one attached hydrogen (secondary N) is 1. The predicted octanol–water partition coefficient (Wildman–Crippen LogP) is 1.01. The second kappa shape index (κ2) is 4.98. The molecule has 80 valence electrons. The van der Waals surface area contributed by atoms with Gasteiger partial charge in [-0.1, -0.05) is 19.8 Å². The summed E-state index contributed by atoms with van der Waals surface area (Å²) in [7, 11) is 0. The number of carbonyl (C=O) groups is 2. The molecule has 0 aliphatic heterocycles. The van der Waals surface area contributed by atoms with E-state index in [4.69, 9.17) is 5.11 Å². The smallest absolute Gasteiger partial charge is 0.322 e. The van der Waals surface area contributed by atoms with Crippen molar-refractivity contribution in [3.05, 3.63) is 0 Å². The van der Waals surface area contributed by atoms with Gasteiger partial charge in [0.1, 0.15) is 6.54 Å². The molecule has 0 aromatic heterocycles. The maximum absolute atomic E-state index is 11.2. The van der Waals surface area contributed by atoms with E-state index in [9.17, 15) is 9.59 Å². The van der Waals surface area contributed by atoms with Crippen LogP contribution in [0.15, 0.2) is 0 Å². The summed E-state index contributed by atoms with van der Waals surface area (Å²) in [5.74, 6) is 0.0922. The molecule has 4 nitrogen and oxygen atoms in total. The summed E-state index contributed by atoms with van der Waals surface area (Å²) in [6.07, 6.45) is 3.99. The molecule has 0 spiro atoms.